The van der Waals surface area contributed by atoms with Crippen LogP contribution >= 0.6 is 11.6 Å². The van der Waals surface area contributed by atoms with Gasteiger partial charge in [0.1, 0.15) is 12.3 Å². The van der Waals surface area contributed by atoms with Gasteiger partial charge in [-0.15, -0.1) is 0 Å². The molecule has 1 aromatic rings. The number of urea groups is 1. The van der Waals surface area contributed by atoms with E-state index in [1.165, 1.54) is 7.05 Å². The smallest absolute Gasteiger partial charge is 0.321 e. The first kappa shape index (κ1) is 16.3. The van der Waals surface area contributed by atoms with Gasteiger partial charge in [-0.2, -0.15) is 0 Å². The van der Waals surface area contributed by atoms with Crippen molar-refractivity contribution >= 4 is 23.5 Å². The molecule has 0 aliphatic rings. The highest BCUT2D eigenvalue weighted by atomic mass is 35.5. The Labute approximate surface area is 123 Å². The van der Waals surface area contributed by atoms with Crippen LogP contribution < -0.4 is 20.3 Å². The van der Waals surface area contributed by atoms with Crippen molar-refractivity contribution in [1.82, 2.24) is 10.6 Å². The molecule has 1 rings (SSSR count). The predicted molar refractivity (Wildman–Crippen MR) is 76.1 cm³/mol. The van der Waals surface area contributed by atoms with Gasteiger partial charge in [-0.25, -0.2) is 4.79 Å². The molecular weight excluding hydrogens is 282 g/mol. The molecule has 3 amide bonds. The van der Waals surface area contributed by atoms with E-state index < -0.39 is 6.03 Å². The zero-order chi connectivity index (χ0) is 15.1. The Morgan fingerprint density at radius 2 is 2.10 bits per heavy atom. The summed E-state index contributed by atoms with van der Waals surface area (Å²) in [6.07, 6.45) is 0. The van der Waals surface area contributed by atoms with Crippen LogP contribution in [0.15, 0.2) is 18.2 Å². The molecule has 0 bridgehead atoms. The summed E-state index contributed by atoms with van der Waals surface area (Å²) in [5.41, 5.74) is 0.908. The Hall–Kier alpha value is -1.79. The number of hydrogen-bond donors (Lipinski definition) is 3. The average Bonchev–Trinajstić information content (AvgIpc) is 2.38. The van der Waals surface area contributed by atoms with Crippen LogP contribution in [0.1, 0.15) is 5.56 Å². The zero-order valence-corrected chi connectivity index (χ0v) is 12.5. The third-order valence-electron chi connectivity index (χ3n) is 2.68. The van der Waals surface area contributed by atoms with Crippen molar-refractivity contribution in [3.05, 3.63) is 28.8 Å². The summed E-state index contributed by atoms with van der Waals surface area (Å²) >= 11 is 5.95. The van der Waals surface area contributed by atoms with Crippen molar-refractivity contribution in [3.8, 4) is 5.75 Å². The number of quaternary nitrogens is 1. The highest BCUT2D eigenvalue weighted by Gasteiger charge is 2.15. The van der Waals surface area contributed by atoms with Crippen LogP contribution in [0.5, 0.6) is 5.75 Å². The molecule has 0 radical (unpaired) electrons. The summed E-state index contributed by atoms with van der Waals surface area (Å²) in [6, 6.07) is 4.83. The number of carbonyl (C=O) groups excluding carboxylic acids is 2. The monoisotopic (exact) mass is 300 g/mol. The lowest BCUT2D eigenvalue weighted by Gasteiger charge is -2.15. The van der Waals surface area contributed by atoms with E-state index in [2.05, 4.69) is 10.6 Å². The number of methoxy groups -OCH3 is 1. The number of rotatable bonds is 5. The summed E-state index contributed by atoms with van der Waals surface area (Å²) in [6.45, 7) is 0.730. The third-order valence-corrected chi connectivity index (χ3v) is 2.91. The number of nitrogens with one attached hydrogen (secondary N) is 3. The highest BCUT2D eigenvalue weighted by molar-refractivity contribution is 6.30. The van der Waals surface area contributed by atoms with E-state index in [9.17, 15) is 9.59 Å². The summed E-state index contributed by atoms with van der Waals surface area (Å²) < 4.78 is 5.25. The van der Waals surface area contributed by atoms with Gasteiger partial charge < -0.3 is 15.0 Å². The molecule has 0 saturated heterocycles. The van der Waals surface area contributed by atoms with Crippen LogP contribution in [0.25, 0.3) is 0 Å². The molecule has 1 aromatic carbocycles. The van der Waals surface area contributed by atoms with Crippen molar-refractivity contribution in [1.29, 1.82) is 0 Å². The molecule has 3 N–H and O–H groups in total. The molecular formula is C13H19ClN3O3+. The van der Waals surface area contributed by atoms with Gasteiger partial charge in [0.25, 0.3) is 5.91 Å². The Kier molecular flexibility index (Phi) is 6.27. The van der Waals surface area contributed by atoms with Gasteiger partial charge in [0.05, 0.1) is 14.2 Å². The van der Waals surface area contributed by atoms with Gasteiger partial charge in [-0.3, -0.25) is 10.1 Å². The number of amides is 3. The maximum absolute atomic E-state index is 11.6. The number of carbonyl (C=O) groups is 2. The molecule has 0 heterocycles. The van der Waals surface area contributed by atoms with Crippen LogP contribution in [-0.4, -0.2) is 39.7 Å². The molecule has 0 aromatic heterocycles. The van der Waals surface area contributed by atoms with Crippen LogP contribution in [0.3, 0.4) is 0 Å². The van der Waals surface area contributed by atoms with Gasteiger partial charge in [-0.1, -0.05) is 11.6 Å². The Bertz CT molecular complexity index is 494. The van der Waals surface area contributed by atoms with Crippen molar-refractivity contribution < 1.29 is 19.2 Å². The second kappa shape index (κ2) is 7.72. The lowest BCUT2D eigenvalue weighted by atomic mass is 10.2. The summed E-state index contributed by atoms with van der Waals surface area (Å²) in [5, 5.41) is 5.16. The number of benzene rings is 1. The van der Waals surface area contributed by atoms with Crippen molar-refractivity contribution in [2.75, 3.05) is 27.7 Å². The highest BCUT2D eigenvalue weighted by Crippen LogP contribution is 2.21. The van der Waals surface area contributed by atoms with Gasteiger partial charge >= 0.3 is 6.03 Å². The first-order valence-corrected chi connectivity index (χ1v) is 6.49. The second-order valence-electron chi connectivity index (χ2n) is 4.39. The molecule has 1 atom stereocenters. The Morgan fingerprint density at radius 3 is 2.70 bits per heavy atom. The normalized spacial score (nSPS) is 11.6. The molecule has 1 unspecified atom stereocenters. The molecule has 7 heteroatoms. The largest absolute Gasteiger partial charge is 0.496 e. The number of halogens is 1. The van der Waals surface area contributed by atoms with Gasteiger partial charge in [0.15, 0.2) is 6.54 Å². The summed E-state index contributed by atoms with van der Waals surface area (Å²) in [7, 11) is 4.89. The minimum Gasteiger partial charge on any atom is -0.496 e. The molecule has 0 aliphatic carbocycles. The molecule has 0 fully saturated rings. The Balaban J connectivity index is 2.62. The number of ether oxygens (including phenoxy) is 1. The fraction of sp³-hybridized carbons (Fsp3) is 0.385. The number of hydrogen-bond acceptors (Lipinski definition) is 3. The van der Waals surface area contributed by atoms with Crippen molar-refractivity contribution in [3.63, 3.8) is 0 Å². The van der Waals surface area contributed by atoms with E-state index in [1.807, 2.05) is 7.05 Å². The standard InChI is InChI=1S/C13H18ClN3O3/c1-15-13(19)16-12(18)8-17(2)7-9-6-10(14)4-5-11(9)20-3/h4-6H,7-8H2,1-3H3,(H2,15,16,18,19)/p+1. The Morgan fingerprint density at radius 1 is 1.40 bits per heavy atom. The topological polar surface area (TPSA) is 71.9 Å². The lowest BCUT2D eigenvalue weighted by Crippen LogP contribution is -3.09. The fourth-order valence-electron chi connectivity index (χ4n) is 1.78. The zero-order valence-electron chi connectivity index (χ0n) is 11.7. The molecule has 110 valence electrons. The van der Waals surface area contributed by atoms with E-state index in [-0.39, 0.29) is 12.5 Å². The van der Waals surface area contributed by atoms with E-state index in [1.54, 1.807) is 25.3 Å². The van der Waals surface area contributed by atoms with Crippen LogP contribution in [-0.2, 0) is 11.3 Å². The van der Waals surface area contributed by atoms with E-state index in [4.69, 9.17) is 16.3 Å². The first-order chi connectivity index (χ1) is 9.46. The second-order valence-corrected chi connectivity index (χ2v) is 4.83. The van der Waals surface area contributed by atoms with Gasteiger partial charge in [-0.05, 0) is 18.2 Å². The maximum atomic E-state index is 11.6. The van der Waals surface area contributed by atoms with Gasteiger partial charge in [0, 0.05) is 17.6 Å². The van der Waals surface area contributed by atoms with Crippen molar-refractivity contribution in [2.45, 2.75) is 6.54 Å². The molecule has 0 aliphatic heterocycles. The molecule has 6 nitrogen and oxygen atoms in total. The number of imide groups is 1. The fourth-order valence-corrected chi connectivity index (χ4v) is 1.98. The van der Waals surface area contributed by atoms with Crippen LogP contribution in [0.4, 0.5) is 4.79 Å². The van der Waals surface area contributed by atoms with E-state index >= 15 is 0 Å². The quantitative estimate of drug-likeness (QED) is 0.706. The minimum absolute atomic E-state index is 0.170. The minimum atomic E-state index is -0.511. The maximum Gasteiger partial charge on any atom is 0.321 e. The van der Waals surface area contributed by atoms with Crippen LogP contribution in [0, 0.1) is 0 Å². The predicted octanol–water partition coefficient (Wildman–Crippen LogP) is -0.181. The SMILES string of the molecule is CNC(=O)NC(=O)C[NH+](C)Cc1cc(Cl)ccc1OC. The molecule has 20 heavy (non-hydrogen) atoms. The summed E-state index contributed by atoms with van der Waals surface area (Å²) in [5.74, 6) is 0.378. The first-order valence-electron chi connectivity index (χ1n) is 6.11. The third kappa shape index (κ3) is 5.07. The average molecular weight is 301 g/mol. The van der Waals surface area contributed by atoms with Gasteiger partial charge in [0.2, 0.25) is 0 Å². The van der Waals surface area contributed by atoms with Crippen LogP contribution in [0.2, 0.25) is 5.02 Å². The number of likely N-dealkylation sites (N-methyl/N-ethyl adjacent to an activating group) is 1. The summed E-state index contributed by atoms with van der Waals surface area (Å²) in [4.78, 5) is 23.5. The van der Waals surface area contributed by atoms with E-state index in [0.29, 0.717) is 11.6 Å². The lowest BCUT2D eigenvalue weighted by molar-refractivity contribution is -0.885. The molecule has 0 saturated carbocycles. The molecule has 0 spiro atoms. The van der Waals surface area contributed by atoms with Crippen molar-refractivity contribution in [2.24, 2.45) is 0 Å². The van der Waals surface area contributed by atoms with E-state index in [0.717, 1.165) is 16.2 Å².